The Kier molecular flexibility index (Phi) is 9.46. The number of sulfonamides is 1. The number of hydrogen-bond donors (Lipinski definition) is 1. The van der Waals surface area contributed by atoms with E-state index in [1.165, 1.54) is 43.5 Å². The average molecular weight is 718 g/mol. The van der Waals surface area contributed by atoms with Crippen molar-refractivity contribution in [1.29, 1.82) is 0 Å². The predicted molar refractivity (Wildman–Crippen MR) is 157 cm³/mol. The minimum Gasteiger partial charge on any atom is -0.483 e. The van der Waals surface area contributed by atoms with Gasteiger partial charge >= 0.3 is 12.4 Å². The highest BCUT2D eigenvalue weighted by atomic mass is 32.2. The Bertz CT molecular complexity index is 2050. The van der Waals surface area contributed by atoms with Gasteiger partial charge in [0.15, 0.2) is 19.0 Å². The van der Waals surface area contributed by atoms with E-state index in [1.54, 1.807) is 4.72 Å². The molecule has 2 amide bonds. The van der Waals surface area contributed by atoms with E-state index in [-0.39, 0.29) is 33.3 Å². The molecule has 4 aromatic rings. The van der Waals surface area contributed by atoms with Crippen LogP contribution in [0.25, 0.3) is 10.9 Å². The monoisotopic (exact) mass is 717 g/mol. The van der Waals surface area contributed by atoms with Crippen molar-refractivity contribution in [2.75, 3.05) is 18.1 Å². The lowest BCUT2D eigenvalue weighted by Gasteiger charge is -2.19. The third-order valence-corrected chi connectivity index (χ3v) is 8.44. The zero-order valence-corrected chi connectivity index (χ0v) is 25.8. The highest BCUT2D eigenvalue weighted by molar-refractivity contribution is 7.89. The maximum Gasteiger partial charge on any atom is 0.422 e. The fraction of sp³-hybridized carbons (Fsp3) is 0.258. The van der Waals surface area contributed by atoms with Crippen LogP contribution < -0.4 is 19.1 Å². The number of fused-ring (bicyclic) bond motifs is 2. The van der Waals surface area contributed by atoms with Crippen LogP contribution in [-0.4, -0.2) is 50.8 Å². The summed E-state index contributed by atoms with van der Waals surface area (Å²) in [5.41, 5.74) is -1.11. The van der Waals surface area contributed by atoms with Gasteiger partial charge in [0.05, 0.1) is 24.3 Å². The number of halogens is 8. The van der Waals surface area contributed by atoms with Crippen LogP contribution in [0.2, 0.25) is 0 Å². The van der Waals surface area contributed by atoms with Crippen molar-refractivity contribution in [1.82, 2.24) is 9.71 Å². The molecule has 9 nitrogen and oxygen atoms in total. The molecule has 0 unspecified atom stereocenters. The minimum atomic E-state index is -4.84. The number of carbonyl (C=O) groups excluding carboxylic acids is 2. The Labute approximate surface area is 272 Å². The largest absolute Gasteiger partial charge is 0.483 e. The lowest BCUT2D eigenvalue weighted by Crippen LogP contribution is -2.33. The average Bonchev–Trinajstić information content (AvgIpc) is 3.31. The molecule has 0 spiro atoms. The molecule has 0 bridgehead atoms. The van der Waals surface area contributed by atoms with Gasteiger partial charge in [-0.25, -0.2) is 17.2 Å². The molecule has 1 aromatic heterocycles. The second kappa shape index (κ2) is 13.1. The van der Waals surface area contributed by atoms with E-state index in [9.17, 15) is 53.1 Å². The summed E-state index contributed by atoms with van der Waals surface area (Å²) in [6.45, 7) is -2.64. The standard InChI is InChI=1S/C31H23F8N3O6S/c1-16-10-17(13-49(45,46)41-24(43)11-19-21(32)5-2-6-22(19)33)7-8-23(16)42-12-20-25(29(42)44)27(47-14-30(34,35)36)18-4-3-9-40-26(18)28(20)48-15-31(37,38)39/h2-10H,11-15H2,1H3,(H,41,43). The van der Waals surface area contributed by atoms with Crippen LogP contribution in [-0.2, 0) is 33.5 Å². The molecule has 49 heavy (non-hydrogen) atoms. The summed E-state index contributed by atoms with van der Waals surface area (Å²) >= 11 is 0. The number of nitrogens with one attached hydrogen (secondary N) is 1. The fourth-order valence-corrected chi connectivity index (χ4v) is 6.39. The molecule has 1 aliphatic heterocycles. The van der Waals surface area contributed by atoms with Crippen LogP contribution in [0, 0.1) is 18.6 Å². The van der Waals surface area contributed by atoms with Gasteiger partial charge < -0.3 is 14.4 Å². The van der Waals surface area contributed by atoms with Gasteiger partial charge in [-0.05, 0) is 48.4 Å². The number of aryl methyl sites for hydroxylation is 1. The van der Waals surface area contributed by atoms with Crippen molar-refractivity contribution in [2.45, 2.75) is 38.0 Å². The topological polar surface area (TPSA) is 115 Å². The first-order valence-electron chi connectivity index (χ1n) is 14.0. The first-order chi connectivity index (χ1) is 22.8. The van der Waals surface area contributed by atoms with Gasteiger partial charge in [-0.3, -0.25) is 19.3 Å². The number of hydrogen-bond acceptors (Lipinski definition) is 7. The molecule has 0 saturated carbocycles. The van der Waals surface area contributed by atoms with Crippen molar-refractivity contribution in [2.24, 2.45) is 0 Å². The van der Waals surface area contributed by atoms with Gasteiger partial charge in [0, 0.05) is 28.4 Å². The number of benzene rings is 3. The van der Waals surface area contributed by atoms with Gasteiger partial charge in [-0.2, -0.15) is 26.3 Å². The van der Waals surface area contributed by atoms with Gasteiger partial charge in [0.2, 0.25) is 15.9 Å². The van der Waals surface area contributed by atoms with Gasteiger partial charge in [0.1, 0.15) is 22.9 Å². The molecular formula is C31H23F8N3O6S. The second-order valence-electron chi connectivity index (χ2n) is 10.9. The number of pyridine rings is 1. The van der Waals surface area contributed by atoms with Gasteiger partial charge in [0.25, 0.3) is 5.91 Å². The summed E-state index contributed by atoms with van der Waals surface area (Å²) in [6, 6.07) is 9.27. The highest BCUT2D eigenvalue weighted by Crippen LogP contribution is 2.46. The second-order valence-corrected chi connectivity index (χ2v) is 12.6. The number of carbonyl (C=O) groups is 2. The number of rotatable bonds is 10. The first-order valence-corrected chi connectivity index (χ1v) is 15.7. The molecule has 0 fully saturated rings. The van der Waals surface area contributed by atoms with Crippen molar-refractivity contribution in [3.63, 3.8) is 0 Å². The summed E-state index contributed by atoms with van der Waals surface area (Å²) in [7, 11) is -4.40. The molecule has 1 aliphatic rings. The van der Waals surface area contributed by atoms with Crippen molar-refractivity contribution in [3.8, 4) is 11.5 Å². The van der Waals surface area contributed by atoms with E-state index in [0.29, 0.717) is 0 Å². The van der Waals surface area contributed by atoms with E-state index in [4.69, 9.17) is 9.47 Å². The zero-order chi connectivity index (χ0) is 35.9. The van der Waals surface area contributed by atoms with Crippen LogP contribution in [0.3, 0.4) is 0 Å². The Morgan fingerprint density at radius 1 is 0.939 bits per heavy atom. The first kappa shape index (κ1) is 35.3. The van der Waals surface area contributed by atoms with Crippen molar-refractivity contribution >= 4 is 38.4 Å². The predicted octanol–water partition coefficient (Wildman–Crippen LogP) is 6.05. The Hall–Kier alpha value is -5.00. The fourth-order valence-electron chi connectivity index (χ4n) is 5.28. The summed E-state index contributed by atoms with van der Waals surface area (Å²) < 4.78 is 144. The van der Waals surface area contributed by atoms with Crippen LogP contribution in [0.4, 0.5) is 40.8 Å². The molecule has 3 aromatic carbocycles. The molecule has 1 N–H and O–H groups in total. The Balaban J connectivity index is 1.44. The maximum absolute atomic E-state index is 13.9. The van der Waals surface area contributed by atoms with Crippen LogP contribution in [0.1, 0.15) is 32.6 Å². The number of amides is 2. The molecule has 2 heterocycles. The van der Waals surface area contributed by atoms with E-state index >= 15 is 0 Å². The molecule has 0 aliphatic carbocycles. The van der Waals surface area contributed by atoms with Gasteiger partial charge in [-0.1, -0.05) is 18.2 Å². The quantitative estimate of drug-likeness (QED) is 0.199. The van der Waals surface area contributed by atoms with E-state index in [1.807, 2.05) is 0 Å². The molecule has 0 atom stereocenters. The van der Waals surface area contributed by atoms with Crippen molar-refractivity contribution in [3.05, 3.63) is 94.2 Å². The smallest absolute Gasteiger partial charge is 0.422 e. The number of nitrogens with zero attached hydrogens (tertiary/aromatic N) is 2. The number of aromatic nitrogens is 1. The Morgan fingerprint density at radius 3 is 2.18 bits per heavy atom. The summed E-state index contributed by atoms with van der Waals surface area (Å²) in [5.74, 6) is -6.05. The number of ether oxygens (including phenoxy) is 2. The van der Waals surface area contributed by atoms with Crippen LogP contribution >= 0.6 is 0 Å². The van der Waals surface area contributed by atoms with Gasteiger partial charge in [-0.15, -0.1) is 0 Å². The van der Waals surface area contributed by atoms with Crippen LogP contribution in [0.5, 0.6) is 11.5 Å². The minimum absolute atomic E-state index is 0.0983. The Morgan fingerprint density at radius 2 is 1.57 bits per heavy atom. The van der Waals surface area contributed by atoms with E-state index in [0.717, 1.165) is 23.1 Å². The highest BCUT2D eigenvalue weighted by Gasteiger charge is 2.40. The zero-order valence-electron chi connectivity index (χ0n) is 25.0. The van der Waals surface area contributed by atoms with E-state index in [2.05, 4.69) is 4.98 Å². The summed E-state index contributed by atoms with van der Waals surface area (Å²) in [6.07, 6.45) is -9.38. The van der Waals surface area contributed by atoms with E-state index < -0.39 is 100 Å². The molecule has 18 heteroatoms. The van der Waals surface area contributed by atoms with Crippen LogP contribution in [0.15, 0.2) is 54.7 Å². The lowest BCUT2D eigenvalue weighted by atomic mass is 10.0. The molecule has 260 valence electrons. The maximum atomic E-state index is 13.9. The summed E-state index contributed by atoms with van der Waals surface area (Å²) in [4.78, 5) is 31.1. The normalized spacial score (nSPS) is 13.5. The summed E-state index contributed by atoms with van der Waals surface area (Å²) in [5, 5.41) is -0.199. The number of anilines is 1. The van der Waals surface area contributed by atoms with Crippen molar-refractivity contribution < 1.29 is 62.6 Å². The molecular weight excluding hydrogens is 694 g/mol. The third-order valence-electron chi connectivity index (χ3n) is 7.18. The SMILES string of the molecule is Cc1cc(CS(=O)(=O)NC(=O)Cc2c(F)cccc2F)ccc1N1Cc2c(c(OCC(F)(F)F)c3cccnc3c2OCC(F)(F)F)C1=O. The third kappa shape index (κ3) is 8.01. The number of alkyl halides is 6. The lowest BCUT2D eigenvalue weighted by molar-refractivity contribution is -0.154. The molecule has 0 radical (unpaired) electrons. The molecule has 5 rings (SSSR count). The molecule has 0 saturated heterocycles.